The van der Waals surface area contributed by atoms with Crippen molar-refractivity contribution in [3.63, 3.8) is 0 Å². The Morgan fingerprint density at radius 1 is 1.03 bits per heavy atom. The Kier molecular flexibility index (Phi) is 4.40. The summed E-state index contributed by atoms with van der Waals surface area (Å²) in [5, 5.41) is 11.7. The summed E-state index contributed by atoms with van der Waals surface area (Å²) in [7, 11) is 0. The van der Waals surface area contributed by atoms with Crippen LogP contribution < -0.4 is 5.73 Å². The second-order valence-electron chi connectivity index (χ2n) is 10.0. The zero-order valence-corrected chi connectivity index (χ0v) is 17.3. The van der Waals surface area contributed by atoms with Gasteiger partial charge in [0, 0.05) is 23.1 Å². The van der Waals surface area contributed by atoms with Crippen LogP contribution in [0.1, 0.15) is 63.9 Å². The molecule has 3 nitrogen and oxygen atoms in total. The molecule has 0 spiro atoms. The molecule has 0 heterocycles. The van der Waals surface area contributed by atoms with Crippen LogP contribution in [0.3, 0.4) is 0 Å². The molecule has 0 amide bonds. The molecule has 3 saturated carbocycles. The number of fused-ring (bicyclic) bond motifs is 5. The van der Waals surface area contributed by atoms with E-state index in [0.717, 1.165) is 56.2 Å². The van der Waals surface area contributed by atoms with Gasteiger partial charge in [0.25, 0.3) is 0 Å². The zero-order valence-electron chi connectivity index (χ0n) is 17.3. The number of hydrogen-bond acceptors (Lipinski definition) is 3. The van der Waals surface area contributed by atoms with E-state index in [2.05, 4.69) is 18.8 Å². The molecule has 3 heteroatoms. The maximum Gasteiger partial charge on any atom is 0.155 e. The van der Waals surface area contributed by atoms with Crippen molar-refractivity contribution in [3.05, 3.63) is 41.5 Å². The third-order valence-electron chi connectivity index (χ3n) is 8.78. The second kappa shape index (κ2) is 6.74. The summed E-state index contributed by atoms with van der Waals surface area (Å²) < 4.78 is 0. The fourth-order valence-electron chi connectivity index (χ4n) is 7.14. The van der Waals surface area contributed by atoms with Gasteiger partial charge in [0.05, 0.1) is 0 Å². The molecule has 4 unspecified atom stereocenters. The predicted octanol–water partition coefficient (Wildman–Crippen LogP) is 4.49. The highest BCUT2D eigenvalue weighted by atomic mass is 16.3. The van der Waals surface area contributed by atoms with E-state index in [-0.39, 0.29) is 5.41 Å². The number of carbonyl (C=O) groups excluding carboxylic acids is 1. The Labute approximate surface area is 173 Å². The van der Waals surface area contributed by atoms with Crippen molar-refractivity contribution in [2.24, 2.45) is 29.1 Å². The van der Waals surface area contributed by atoms with Crippen molar-refractivity contribution in [2.45, 2.75) is 63.9 Å². The Hall–Kier alpha value is -2.05. The summed E-state index contributed by atoms with van der Waals surface area (Å²) in [6.07, 6.45) is 9.97. The molecular formula is C26H31NO2. The molecule has 1 aromatic rings. The fourth-order valence-corrected chi connectivity index (χ4v) is 7.14. The average molecular weight is 390 g/mol. The van der Waals surface area contributed by atoms with Gasteiger partial charge in [-0.05, 0) is 99.0 Å². The maximum absolute atomic E-state index is 11.9. The minimum absolute atomic E-state index is 0.138. The third kappa shape index (κ3) is 2.96. The number of hydrogen-bond donors (Lipinski definition) is 2. The van der Waals surface area contributed by atoms with E-state index < -0.39 is 5.60 Å². The molecule has 0 aromatic heterocycles. The van der Waals surface area contributed by atoms with Crippen LogP contribution in [0.4, 0.5) is 5.69 Å². The summed E-state index contributed by atoms with van der Waals surface area (Å²) in [5.41, 5.74) is 7.78. The first-order valence-corrected chi connectivity index (χ1v) is 11.2. The van der Waals surface area contributed by atoms with E-state index in [4.69, 9.17) is 5.73 Å². The van der Waals surface area contributed by atoms with Gasteiger partial charge in [-0.1, -0.05) is 24.3 Å². The lowest BCUT2D eigenvalue weighted by Crippen LogP contribution is -2.52. The van der Waals surface area contributed by atoms with Crippen molar-refractivity contribution in [1.29, 1.82) is 0 Å². The molecule has 0 bridgehead atoms. The van der Waals surface area contributed by atoms with Gasteiger partial charge >= 0.3 is 0 Å². The molecule has 0 saturated heterocycles. The van der Waals surface area contributed by atoms with Gasteiger partial charge in [-0.3, -0.25) is 4.79 Å². The minimum atomic E-state index is -0.914. The van der Waals surface area contributed by atoms with E-state index in [1.807, 2.05) is 30.3 Å². The molecule has 3 fully saturated rings. The van der Waals surface area contributed by atoms with E-state index in [1.165, 1.54) is 12.0 Å². The van der Waals surface area contributed by atoms with Crippen molar-refractivity contribution >= 4 is 11.5 Å². The molecule has 4 aliphatic rings. The van der Waals surface area contributed by atoms with E-state index in [9.17, 15) is 9.90 Å². The lowest BCUT2D eigenvalue weighted by Gasteiger charge is -2.54. The Balaban J connectivity index is 1.41. The number of carbonyl (C=O) groups is 1. The fraction of sp³-hybridized carbons (Fsp3) is 0.577. The standard InChI is InChI=1S/C26H31NO2/c1-25-13-11-22-21-9-7-20(28)16-18(21)4-8-23(22)24(25)12-15-26(25,29)14-10-17-2-5-19(27)6-3-17/h2-3,5-6,16,21-24,29H,4,7-9,11-13,15,27H2,1H3/t21?,22?,23?,24?,25-,26-/m0/s1. The SMILES string of the molecule is C[C@]12CCC3C4CCC(=O)C=C4CCC3C1CC[C@@]2(O)C#Cc1ccc(N)cc1. The summed E-state index contributed by atoms with van der Waals surface area (Å²) in [5.74, 6) is 9.34. The first-order valence-electron chi connectivity index (χ1n) is 11.2. The molecule has 1 aromatic carbocycles. The summed E-state index contributed by atoms with van der Waals surface area (Å²) in [6, 6.07) is 7.58. The zero-order chi connectivity index (χ0) is 20.2. The van der Waals surface area contributed by atoms with Crippen LogP contribution in [-0.4, -0.2) is 16.5 Å². The molecule has 152 valence electrons. The van der Waals surface area contributed by atoms with Crippen LogP contribution >= 0.6 is 0 Å². The van der Waals surface area contributed by atoms with Crippen LogP contribution in [0, 0.1) is 40.9 Å². The van der Waals surface area contributed by atoms with Crippen LogP contribution in [0.2, 0.25) is 0 Å². The quantitative estimate of drug-likeness (QED) is 0.507. The van der Waals surface area contributed by atoms with E-state index >= 15 is 0 Å². The number of aliphatic hydroxyl groups is 1. The van der Waals surface area contributed by atoms with Crippen molar-refractivity contribution < 1.29 is 9.90 Å². The van der Waals surface area contributed by atoms with Crippen LogP contribution in [0.5, 0.6) is 0 Å². The molecule has 4 aliphatic carbocycles. The third-order valence-corrected chi connectivity index (χ3v) is 8.78. The normalized spacial score (nSPS) is 40.8. The van der Waals surface area contributed by atoms with Crippen LogP contribution in [-0.2, 0) is 4.79 Å². The Morgan fingerprint density at radius 3 is 2.62 bits per heavy atom. The van der Waals surface area contributed by atoms with Gasteiger partial charge in [0.15, 0.2) is 5.78 Å². The molecule has 29 heavy (non-hydrogen) atoms. The number of allylic oxidation sites excluding steroid dienone is 1. The van der Waals surface area contributed by atoms with Gasteiger partial charge in [0.2, 0.25) is 0 Å². The Morgan fingerprint density at radius 2 is 1.83 bits per heavy atom. The molecule has 0 radical (unpaired) electrons. The van der Waals surface area contributed by atoms with Gasteiger partial charge in [-0.15, -0.1) is 0 Å². The van der Waals surface area contributed by atoms with Gasteiger partial charge in [0.1, 0.15) is 5.60 Å². The molecule has 3 N–H and O–H groups in total. The van der Waals surface area contributed by atoms with Gasteiger partial charge < -0.3 is 10.8 Å². The highest BCUT2D eigenvalue weighted by Crippen LogP contribution is 2.64. The second-order valence-corrected chi connectivity index (χ2v) is 10.0. The largest absolute Gasteiger partial charge is 0.399 e. The summed E-state index contributed by atoms with van der Waals surface area (Å²) in [4.78, 5) is 11.9. The first kappa shape index (κ1) is 18.9. The van der Waals surface area contributed by atoms with Crippen LogP contribution in [0.25, 0.3) is 0 Å². The summed E-state index contributed by atoms with van der Waals surface area (Å²) in [6.45, 7) is 2.29. The molecule has 5 rings (SSSR count). The number of benzene rings is 1. The number of anilines is 1. The van der Waals surface area contributed by atoms with Crippen molar-refractivity contribution in [1.82, 2.24) is 0 Å². The lowest BCUT2D eigenvalue weighted by atomic mass is 9.50. The highest BCUT2D eigenvalue weighted by molar-refractivity contribution is 5.91. The molecule has 0 aliphatic heterocycles. The highest BCUT2D eigenvalue weighted by Gasteiger charge is 2.62. The number of nitrogens with two attached hydrogens (primary N) is 1. The van der Waals surface area contributed by atoms with E-state index in [0.29, 0.717) is 29.5 Å². The summed E-state index contributed by atoms with van der Waals surface area (Å²) >= 11 is 0. The minimum Gasteiger partial charge on any atom is -0.399 e. The Bertz CT molecular complexity index is 920. The first-order chi connectivity index (χ1) is 13.9. The van der Waals surface area contributed by atoms with Gasteiger partial charge in [-0.25, -0.2) is 0 Å². The molecule has 6 atom stereocenters. The smallest absolute Gasteiger partial charge is 0.155 e. The lowest BCUT2D eigenvalue weighted by molar-refractivity contribution is -0.116. The number of rotatable bonds is 0. The van der Waals surface area contributed by atoms with Crippen LogP contribution in [0.15, 0.2) is 35.9 Å². The maximum atomic E-state index is 11.9. The number of nitrogen functional groups attached to an aromatic ring is 1. The predicted molar refractivity (Wildman–Crippen MR) is 115 cm³/mol. The molecular weight excluding hydrogens is 358 g/mol. The average Bonchev–Trinajstić information content (AvgIpc) is 2.98. The number of ketones is 1. The monoisotopic (exact) mass is 389 g/mol. The topological polar surface area (TPSA) is 63.3 Å². The van der Waals surface area contributed by atoms with Crippen molar-refractivity contribution in [3.8, 4) is 11.8 Å². The van der Waals surface area contributed by atoms with E-state index in [1.54, 1.807) is 0 Å². The van der Waals surface area contributed by atoms with Crippen molar-refractivity contribution in [2.75, 3.05) is 5.73 Å². The van der Waals surface area contributed by atoms with Gasteiger partial charge in [-0.2, -0.15) is 0 Å².